The molecule has 0 aliphatic carbocycles. The van der Waals surface area contributed by atoms with E-state index in [4.69, 9.17) is 11.6 Å². The molecule has 0 spiro atoms. The van der Waals surface area contributed by atoms with Crippen molar-refractivity contribution in [1.82, 2.24) is 25.5 Å². The Hall–Kier alpha value is -2.02. The maximum absolute atomic E-state index is 13.5. The predicted octanol–water partition coefficient (Wildman–Crippen LogP) is 0.975. The Labute approximate surface area is 113 Å². The lowest BCUT2D eigenvalue weighted by Crippen LogP contribution is -2.27. The van der Waals surface area contributed by atoms with Crippen LogP contribution in [0.2, 0.25) is 5.02 Å². The Kier molecular flexibility index (Phi) is 4.06. The number of carbonyl (C=O) groups is 1. The third kappa shape index (κ3) is 3.05. The van der Waals surface area contributed by atoms with Crippen LogP contribution in [-0.2, 0) is 13.5 Å². The second-order valence-electron chi connectivity index (χ2n) is 3.82. The Morgan fingerprint density at radius 1 is 1.53 bits per heavy atom. The van der Waals surface area contributed by atoms with Gasteiger partial charge in [-0.2, -0.15) is 0 Å². The summed E-state index contributed by atoms with van der Waals surface area (Å²) in [6.45, 7) is 0.289. The molecule has 6 nitrogen and oxygen atoms in total. The summed E-state index contributed by atoms with van der Waals surface area (Å²) in [6.07, 6.45) is 0.446. The molecule has 1 aromatic heterocycles. The van der Waals surface area contributed by atoms with Crippen molar-refractivity contribution >= 4 is 17.5 Å². The number of benzene rings is 1. The zero-order valence-corrected chi connectivity index (χ0v) is 10.9. The number of hydrogen-bond donors (Lipinski definition) is 1. The molecule has 0 saturated carbocycles. The summed E-state index contributed by atoms with van der Waals surface area (Å²) in [5.41, 5.74) is -0.153. The number of amides is 1. The van der Waals surface area contributed by atoms with Crippen LogP contribution >= 0.6 is 11.6 Å². The molecule has 1 aromatic carbocycles. The van der Waals surface area contributed by atoms with Gasteiger partial charge >= 0.3 is 0 Å². The Balaban J connectivity index is 1.97. The Morgan fingerprint density at radius 2 is 2.32 bits per heavy atom. The zero-order chi connectivity index (χ0) is 13.8. The number of nitrogens with zero attached hydrogens (tertiary/aromatic N) is 4. The SMILES string of the molecule is Cn1nnnc1CCNC(=O)c1c(F)cccc1Cl. The van der Waals surface area contributed by atoms with E-state index < -0.39 is 11.7 Å². The van der Waals surface area contributed by atoms with Crippen molar-refractivity contribution in [3.05, 3.63) is 40.4 Å². The van der Waals surface area contributed by atoms with Gasteiger partial charge in [-0.15, -0.1) is 5.10 Å². The van der Waals surface area contributed by atoms with Crippen LogP contribution in [0.1, 0.15) is 16.2 Å². The minimum atomic E-state index is -0.648. The quantitative estimate of drug-likeness (QED) is 0.908. The molecule has 2 aromatic rings. The molecule has 0 saturated heterocycles. The standard InChI is InChI=1S/C11H11ClFN5O/c1-18-9(15-16-17-18)5-6-14-11(19)10-7(12)3-2-4-8(10)13/h2-4H,5-6H2,1H3,(H,14,19). The first-order valence-electron chi connectivity index (χ1n) is 5.53. The summed E-state index contributed by atoms with van der Waals surface area (Å²) >= 11 is 5.79. The normalized spacial score (nSPS) is 10.5. The van der Waals surface area contributed by atoms with Crippen LogP contribution in [0.5, 0.6) is 0 Å². The minimum Gasteiger partial charge on any atom is -0.351 e. The highest BCUT2D eigenvalue weighted by Crippen LogP contribution is 2.18. The maximum Gasteiger partial charge on any atom is 0.255 e. The number of tetrazole rings is 1. The van der Waals surface area contributed by atoms with Gasteiger partial charge in [-0.3, -0.25) is 4.79 Å². The third-order valence-corrected chi connectivity index (χ3v) is 2.85. The van der Waals surface area contributed by atoms with Gasteiger partial charge in [0.2, 0.25) is 0 Å². The van der Waals surface area contributed by atoms with E-state index >= 15 is 0 Å². The smallest absolute Gasteiger partial charge is 0.255 e. The monoisotopic (exact) mass is 283 g/mol. The van der Waals surface area contributed by atoms with Crippen molar-refractivity contribution in [2.24, 2.45) is 7.05 Å². The molecule has 1 heterocycles. The van der Waals surface area contributed by atoms with Crippen LogP contribution in [0.15, 0.2) is 18.2 Å². The van der Waals surface area contributed by atoms with Crippen LogP contribution in [0.4, 0.5) is 4.39 Å². The minimum absolute atomic E-state index is 0.0813. The molecule has 19 heavy (non-hydrogen) atoms. The fourth-order valence-corrected chi connectivity index (χ4v) is 1.80. The molecule has 8 heteroatoms. The molecule has 0 radical (unpaired) electrons. The molecule has 0 aliphatic rings. The first-order valence-corrected chi connectivity index (χ1v) is 5.91. The van der Waals surface area contributed by atoms with Crippen LogP contribution in [0, 0.1) is 5.82 Å². The average Bonchev–Trinajstić information content (AvgIpc) is 2.75. The van der Waals surface area contributed by atoms with Crippen molar-refractivity contribution in [2.45, 2.75) is 6.42 Å². The lowest BCUT2D eigenvalue weighted by molar-refractivity contribution is 0.0950. The topological polar surface area (TPSA) is 72.7 Å². The first kappa shape index (κ1) is 13.4. The summed E-state index contributed by atoms with van der Waals surface area (Å²) < 4.78 is 15.0. The van der Waals surface area contributed by atoms with Crippen LogP contribution in [-0.4, -0.2) is 32.7 Å². The first-order chi connectivity index (χ1) is 9.09. The number of nitrogens with one attached hydrogen (secondary N) is 1. The van der Waals surface area contributed by atoms with E-state index in [1.165, 1.54) is 22.9 Å². The Bertz CT molecular complexity index is 580. The zero-order valence-electron chi connectivity index (χ0n) is 10.1. The lowest BCUT2D eigenvalue weighted by Gasteiger charge is -2.07. The van der Waals surface area contributed by atoms with E-state index in [0.717, 1.165) is 0 Å². The van der Waals surface area contributed by atoms with Gasteiger partial charge in [0.05, 0.1) is 10.6 Å². The van der Waals surface area contributed by atoms with Gasteiger partial charge in [0.1, 0.15) is 5.82 Å². The van der Waals surface area contributed by atoms with Crippen molar-refractivity contribution in [2.75, 3.05) is 6.54 Å². The molecule has 1 amide bonds. The van der Waals surface area contributed by atoms with E-state index in [1.54, 1.807) is 7.05 Å². The van der Waals surface area contributed by atoms with Gasteiger partial charge < -0.3 is 5.32 Å². The molecule has 0 bridgehead atoms. The van der Waals surface area contributed by atoms with Crippen molar-refractivity contribution in [3.63, 3.8) is 0 Å². The molecular weight excluding hydrogens is 273 g/mol. The fourth-order valence-electron chi connectivity index (χ4n) is 1.55. The van der Waals surface area contributed by atoms with Gasteiger partial charge in [0, 0.05) is 20.0 Å². The highest BCUT2D eigenvalue weighted by atomic mass is 35.5. The fraction of sp³-hybridized carbons (Fsp3) is 0.273. The number of aromatic nitrogens is 4. The van der Waals surface area contributed by atoms with Gasteiger partial charge in [-0.05, 0) is 22.6 Å². The number of hydrogen-bond acceptors (Lipinski definition) is 4. The summed E-state index contributed by atoms with van der Waals surface area (Å²) in [5, 5.41) is 13.6. The molecule has 0 aliphatic heterocycles. The Morgan fingerprint density at radius 3 is 2.95 bits per heavy atom. The number of rotatable bonds is 4. The second kappa shape index (κ2) is 5.75. The molecule has 0 unspecified atom stereocenters. The highest BCUT2D eigenvalue weighted by molar-refractivity contribution is 6.33. The molecular formula is C11H11ClFN5O. The van der Waals surface area contributed by atoms with E-state index in [1.807, 2.05) is 0 Å². The summed E-state index contributed by atoms with van der Waals surface area (Å²) in [5.74, 6) is -0.580. The summed E-state index contributed by atoms with van der Waals surface area (Å²) in [7, 11) is 1.70. The van der Waals surface area contributed by atoms with Crippen molar-refractivity contribution < 1.29 is 9.18 Å². The lowest BCUT2D eigenvalue weighted by atomic mass is 10.2. The van der Waals surface area contributed by atoms with Crippen LogP contribution < -0.4 is 5.32 Å². The highest BCUT2D eigenvalue weighted by Gasteiger charge is 2.15. The molecule has 1 N–H and O–H groups in total. The predicted molar refractivity (Wildman–Crippen MR) is 66.2 cm³/mol. The van der Waals surface area contributed by atoms with Gasteiger partial charge in [0.25, 0.3) is 5.91 Å². The summed E-state index contributed by atoms with van der Waals surface area (Å²) in [4.78, 5) is 11.8. The van der Waals surface area contributed by atoms with E-state index in [9.17, 15) is 9.18 Å². The van der Waals surface area contributed by atoms with E-state index in [-0.39, 0.29) is 17.1 Å². The maximum atomic E-state index is 13.5. The molecule has 0 fully saturated rings. The van der Waals surface area contributed by atoms with Gasteiger partial charge in [-0.1, -0.05) is 17.7 Å². The summed E-state index contributed by atoms with van der Waals surface area (Å²) in [6, 6.07) is 4.10. The van der Waals surface area contributed by atoms with Crippen molar-refractivity contribution in [1.29, 1.82) is 0 Å². The average molecular weight is 284 g/mol. The largest absolute Gasteiger partial charge is 0.351 e. The number of carbonyl (C=O) groups excluding carboxylic acids is 1. The van der Waals surface area contributed by atoms with Gasteiger partial charge in [0.15, 0.2) is 5.82 Å². The third-order valence-electron chi connectivity index (χ3n) is 2.53. The van der Waals surface area contributed by atoms with Crippen LogP contribution in [0.25, 0.3) is 0 Å². The van der Waals surface area contributed by atoms with Crippen molar-refractivity contribution in [3.8, 4) is 0 Å². The van der Waals surface area contributed by atoms with E-state index in [2.05, 4.69) is 20.8 Å². The second-order valence-corrected chi connectivity index (χ2v) is 4.23. The van der Waals surface area contributed by atoms with Gasteiger partial charge in [-0.25, -0.2) is 9.07 Å². The van der Waals surface area contributed by atoms with Crippen LogP contribution in [0.3, 0.4) is 0 Å². The number of aryl methyl sites for hydroxylation is 1. The number of halogens is 2. The molecule has 2 rings (SSSR count). The van der Waals surface area contributed by atoms with E-state index in [0.29, 0.717) is 12.2 Å². The molecule has 100 valence electrons. The molecule has 0 atom stereocenters.